The molecule has 1 atom stereocenters. The van der Waals surface area contributed by atoms with Crippen molar-refractivity contribution in [3.05, 3.63) is 29.3 Å². The maximum Gasteiger partial charge on any atom is 0.245 e. The molecule has 11 heteroatoms. The van der Waals surface area contributed by atoms with Gasteiger partial charge < -0.3 is 5.32 Å². The van der Waals surface area contributed by atoms with E-state index in [1.807, 2.05) is 12.3 Å². The molecule has 0 saturated carbocycles. The number of nitrogens with one attached hydrogen (secondary N) is 1. The summed E-state index contributed by atoms with van der Waals surface area (Å²) >= 11 is 1.35. The minimum absolute atomic E-state index is 0.0397. The number of hydrogen-bond donors (Lipinski definition) is 1. The lowest BCUT2D eigenvalue weighted by Crippen LogP contribution is -2.43. The molecular formula is C16H17N5O4S2. The molecule has 0 unspecified atom stereocenters. The predicted molar refractivity (Wildman–Crippen MR) is 98.8 cm³/mol. The van der Waals surface area contributed by atoms with E-state index in [-0.39, 0.29) is 22.9 Å². The molecule has 2 aromatic heterocycles. The molecule has 3 heterocycles. The zero-order valence-corrected chi connectivity index (χ0v) is 16.1. The highest BCUT2D eigenvalue weighted by atomic mass is 32.2. The molecule has 27 heavy (non-hydrogen) atoms. The third kappa shape index (κ3) is 3.45. The van der Waals surface area contributed by atoms with Gasteiger partial charge in [-0.1, -0.05) is 6.07 Å². The maximum atomic E-state index is 13.1. The van der Waals surface area contributed by atoms with E-state index < -0.39 is 15.9 Å². The Morgan fingerprint density at radius 3 is 3.00 bits per heavy atom. The Hall–Kier alpha value is -2.37. The van der Waals surface area contributed by atoms with E-state index in [0.717, 1.165) is 5.69 Å². The molecule has 0 radical (unpaired) electrons. The lowest BCUT2D eigenvalue weighted by atomic mass is 9.99. The van der Waals surface area contributed by atoms with Crippen LogP contribution < -0.4 is 5.32 Å². The number of rotatable bonds is 4. The zero-order valence-electron chi connectivity index (χ0n) is 14.5. The third-order valence-corrected chi connectivity index (χ3v) is 7.24. The van der Waals surface area contributed by atoms with Crippen LogP contribution in [0.2, 0.25) is 0 Å². The van der Waals surface area contributed by atoms with Crippen molar-refractivity contribution in [1.29, 1.82) is 0 Å². The Labute approximate surface area is 159 Å². The first-order valence-corrected chi connectivity index (χ1v) is 10.7. The molecular weight excluding hydrogens is 390 g/mol. The van der Waals surface area contributed by atoms with Gasteiger partial charge in [-0.15, -0.1) is 11.3 Å². The Balaban J connectivity index is 1.55. The molecule has 4 rings (SSSR count). The number of benzene rings is 1. The van der Waals surface area contributed by atoms with Crippen molar-refractivity contribution < 1.29 is 17.8 Å². The highest BCUT2D eigenvalue weighted by Crippen LogP contribution is 2.28. The second kappa shape index (κ2) is 6.98. The van der Waals surface area contributed by atoms with Gasteiger partial charge in [0.25, 0.3) is 0 Å². The van der Waals surface area contributed by atoms with Crippen LogP contribution in [0.15, 0.2) is 33.1 Å². The van der Waals surface area contributed by atoms with Crippen LogP contribution in [0.5, 0.6) is 0 Å². The largest absolute Gasteiger partial charge is 0.302 e. The first-order chi connectivity index (χ1) is 12.9. The van der Waals surface area contributed by atoms with Gasteiger partial charge >= 0.3 is 0 Å². The molecule has 142 valence electrons. The van der Waals surface area contributed by atoms with E-state index in [1.165, 1.54) is 21.7 Å². The number of fused-ring (bicyclic) bond motifs is 1. The molecule has 0 spiro atoms. The lowest BCUT2D eigenvalue weighted by Gasteiger charge is -2.31. The molecule has 1 fully saturated rings. The topological polar surface area (TPSA) is 118 Å². The number of aromatic nitrogens is 3. The highest BCUT2D eigenvalue weighted by Gasteiger charge is 2.35. The summed E-state index contributed by atoms with van der Waals surface area (Å²) in [5.41, 5.74) is 1.40. The number of nitrogens with zero attached hydrogens (tertiary/aromatic N) is 4. The Morgan fingerprint density at radius 2 is 2.22 bits per heavy atom. The second-order valence-electron chi connectivity index (χ2n) is 6.37. The summed E-state index contributed by atoms with van der Waals surface area (Å²) in [6.07, 6.45) is 1.22. The Kier molecular flexibility index (Phi) is 4.66. The normalized spacial score (nSPS) is 18.6. The first-order valence-electron chi connectivity index (χ1n) is 8.39. The quantitative estimate of drug-likeness (QED) is 0.703. The SMILES string of the molecule is Cc1csc(NC(=O)[C@H]2CCCN(S(=O)(=O)c3cccc4nonc34)C2)n1. The number of piperidine rings is 1. The minimum Gasteiger partial charge on any atom is -0.302 e. The van der Waals surface area contributed by atoms with E-state index in [2.05, 4.69) is 25.2 Å². The summed E-state index contributed by atoms with van der Waals surface area (Å²) in [6, 6.07) is 4.70. The lowest BCUT2D eigenvalue weighted by molar-refractivity contribution is -0.120. The average Bonchev–Trinajstić information content (AvgIpc) is 3.30. The molecule has 0 aliphatic carbocycles. The van der Waals surface area contributed by atoms with Gasteiger partial charge in [-0.25, -0.2) is 18.0 Å². The van der Waals surface area contributed by atoms with Crippen molar-refractivity contribution in [3.8, 4) is 0 Å². The number of hydrogen-bond acceptors (Lipinski definition) is 8. The molecule has 1 saturated heterocycles. The summed E-state index contributed by atoms with van der Waals surface area (Å²) in [5, 5.41) is 12.6. The molecule has 3 aromatic rings. The van der Waals surface area contributed by atoms with Crippen LogP contribution in [0.1, 0.15) is 18.5 Å². The third-order valence-electron chi connectivity index (χ3n) is 4.47. The van der Waals surface area contributed by atoms with Crippen LogP contribution in [-0.2, 0) is 14.8 Å². The van der Waals surface area contributed by atoms with Gasteiger partial charge in [0.05, 0.1) is 11.6 Å². The van der Waals surface area contributed by atoms with Crippen molar-refractivity contribution >= 4 is 43.4 Å². The summed E-state index contributed by atoms with van der Waals surface area (Å²) in [5.74, 6) is -0.655. The van der Waals surface area contributed by atoms with Gasteiger partial charge in [-0.2, -0.15) is 4.31 Å². The molecule has 1 aliphatic rings. The fourth-order valence-electron chi connectivity index (χ4n) is 3.12. The van der Waals surface area contributed by atoms with Crippen molar-refractivity contribution in [1.82, 2.24) is 19.6 Å². The zero-order chi connectivity index (χ0) is 19.0. The monoisotopic (exact) mass is 407 g/mol. The van der Waals surface area contributed by atoms with E-state index >= 15 is 0 Å². The van der Waals surface area contributed by atoms with Crippen LogP contribution in [-0.4, -0.2) is 47.0 Å². The van der Waals surface area contributed by atoms with E-state index in [4.69, 9.17) is 0 Å². The average molecular weight is 407 g/mol. The van der Waals surface area contributed by atoms with Crippen molar-refractivity contribution in [2.45, 2.75) is 24.7 Å². The van der Waals surface area contributed by atoms with Crippen molar-refractivity contribution in [3.63, 3.8) is 0 Å². The van der Waals surface area contributed by atoms with Gasteiger partial charge in [0.2, 0.25) is 15.9 Å². The number of sulfonamides is 1. The van der Waals surface area contributed by atoms with Crippen LogP contribution in [0.4, 0.5) is 5.13 Å². The molecule has 1 aliphatic heterocycles. The number of amides is 1. The van der Waals surface area contributed by atoms with Crippen LogP contribution in [0.3, 0.4) is 0 Å². The molecule has 1 aromatic carbocycles. The fraction of sp³-hybridized carbons (Fsp3) is 0.375. The van der Waals surface area contributed by atoms with Gasteiger partial charge in [0, 0.05) is 18.5 Å². The number of anilines is 1. The number of carbonyl (C=O) groups excluding carboxylic acids is 1. The summed E-state index contributed by atoms with van der Waals surface area (Å²) < 4.78 is 32.2. The standard InChI is InChI=1S/C16H17N5O4S2/c1-10-9-26-16(17-10)18-15(22)11-4-3-7-21(8-11)27(23,24)13-6-2-5-12-14(13)20-25-19-12/h2,5-6,9,11H,3-4,7-8H2,1H3,(H,17,18,22)/t11-/m0/s1. The summed E-state index contributed by atoms with van der Waals surface area (Å²) in [4.78, 5) is 16.8. The Bertz CT molecular complexity index is 1090. The number of aryl methyl sites for hydroxylation is 1. The molecule has 1 N–H and O–H groups in total. The van der Waals surface area contributed by atoms with E-state index in [1.54, 1.807) is 12.1 Å². The fourth-order valence-corrected chi connectivity index (χ4v) is 5.47. The first kappa shape index (κ1) is 18.0. The van der Waals surface area contributed by atoms with Gasteiger partial charge in [-0.05, 0) is 42.2 Å². The van der Waals surface area contributed by atoms with Gasteiger partial charge in [0.1, 0.15) is 10.4 Å². The molecule has 9 nitrogen and oxygen atoms in total. The van der Waals surface area contributed by atoms with Crippen LogP contribution in [0, 0.1) is 12.8 Å². The summed E-state index contributed by atoms with van der Waals surface area (Å²) in [6.45, 7) is 2.31. The molecule has 1 amide bonds. The van der Waals surface area contributed by atoms with E-state index in [9.17, 15) is 13.2 Å². The van der Waals surface area contributed by atoms with Crippen LogP contribution >= 0.6 is 11.3 Å². The van der Waals surface area contributed by atoms with Gasteiger partial charge in [-0.3, -0.25) is 4.79 Å². The summed E-state index contributed by atoms with van der Waals surface area (Å²) in [7, 11) is -3.82. The Morgan fingerprint density at radius 1 is 1.37 bits per heavy atom. The maximum absolute atomic E-state index is 13.1. The second-order valence-corrected chi connectivity index (χ2v) is 9.14. The number of thiazole rings is 1. The van der Waals surface area contributed by atoms with Gasteiger partial charge in [0.15, 0.2) is 10.6 Å². The smallest absolute Gasteiger partial charge is 0.245 e. The highest BCUT2D eigenvalue weighted by molar-refractivity contribution is 7.89. The van der Waals surface area contributed by atoms with Crippen molar-refractivity contribution in [2.24, 2.45) is 5.92 Å². The number of carbonyl (C=O) groups is 1. The molecule has 0 bridgehead atoms. The van der Waals surface area contributed by atoms with E-state index in [0.29, 0.717) is 30.0 Å². The minimum atomic E-state index is -3.82. The predicted octanol–water partition coefficient (Wildman–Crippen LogP) is 2.03. The van der Waals surface area contributed by atoms with Crippen molar-refractivity contribution in [2.75, 3.05) is 18.4 Å². The van der Waals surface area contributed by atoms with Crippen LogP contribution in [0.25, 0.3) is 11.0 Å².